The Bertz CT molecular complexity index is 317. The molecule has 1 rings (SSSR count). The lowest BCUT2D eigenvalue weighted by Gasteiger charge is -2.12. The average Bonchev–Trinajstić information content (AvgIpc) is 2.65. The maximum Gasteiger partial charge on any atom is 0.313 e. The van der Waals surface area contributed by atoms with Crippen LogP contribution >= 0.6 is 0 Å². The molecule has 0 saturated heterocycles. The van der Waals surface area contributed by atoms with Gasteiger partial charge >= 0.3 is 5.91 Å². The van der Waals surface area contributed by atoms with Crippen LogP contribution < -0.4 is 0 Å². The Labute approximate surface area is 83.3 Å². The summed E-state index contributed by atoms with van der Waals surface area (Å²) in [4.78, 5) is 20.0. The van der Waals surface area contributed by atoms with Gasteiger partial charge in [0.25, 0.3) is 0 Å². The number of nitrogens with zero attached hydrogens (tertiary/aromatic N) is 3. The fourth-order valence-electron chi connectivity index (χ4n) is 0.795. The summed E-state index contributed by atoms with van der Waals surface area (Å²) in [5, 5.41) is 1.13. The summed E-state index contributed by atoms with van der Waals surface area (Å²) in [5.41, 5.74) is 0. The topological polar surface area (TPSA) is 47.4 Å². The largest absolute Gasteiger partial charge is 0.330 e. The number of aryl methyl sites for hydroxylation is 1. The lowest BCUT2D eigenvalue weighted by Crippen LogP contribution is -2.27. The second kappa shape index (κ2) is 5.78. The van der Waals surface area contributed by atoms with Crippen molar-refractivity contribution in [3.05, 3.63) is 18.2 Å². The van der Waals surface area contributed by atoms with Gasteiger partial charge in [-0.05, 0) is 0 Å². The molecule has 1 aromatic heterocycles. The third-order valence-electron chi connectivity index (χ3n) is 1.57. The standard InChI is InChI=1S/C7H11N3O2.C2H2/c1-9-5-4-8-6(9)7(11)10(2)12-3;1-2/h4-5H,1-3H3;1-2H. The predicted molar refractivity (Wildman–Crippen MR) is 52.2 cm³/mol. The molecule has 1 aromatic rings. The number of hydrogen-bond donors (Lipinski definition) is 0. The molecular weight excluding hydrogens is 182 g/mol. The van der Waals surface area contributed by atoms with Crippen molar-refractivity contribution in [3.63, 3.8) is 0 Å². The maximum absolute atomic E-state index is 11.4. The van der Waals surface area contributed by atoms with Crippen LogP contribution in [0.1, 0.15) is 10.6 Å². The fraction of sp³-hybridized carbons (Fsp3) is 0.333. The zero-order chi connectivity index (χ0) is 11.1. The first-order valence-electron chi connectivity index (χ1n) is 3.79. The molecule has 5 nitrogen and oxygen atoms in total. The smallest absolute Gasteiger partial charge is 0.313 e. The van der Waals surface area contributed by atoms with Crippen molar-refractivity contribution < 1.29 is 9.63 Å². The predicted octanol–water partition coefficient (Wildman–Crippen LogP) is 0.303. The van der Waals surface area contributed by atoms with Gasteiger partial charge in [0.1, 0.15) is 0 Å². The maximum atomic E-state index is 11.4. The Morgan fingerprint density at radius 3 is 2.57 bits per heavy atom. The summed E-state index contributed by atoms with van der Waals surface area (Å²) in [6, 6.07) is 0. The molecule has 0 N–H and O–H groups in total. The number of rotatable bonds is 2. The third kappa shape index (κ3) is 2.61. The fourth-order valence-corrected chi connectivity index (χ4v) is 0.795. The number of aromatic nitrogens is 2. The number of terminal acetylenes is 1. The van der Waals surface area contributed by atoms with Crippen molar-refractivity contribution in [2.75, 3.05) is 14.2 Å². The zero-order valence-electron chi connectivity index (χ0n) is 8.47. The van der Waals surface area contributed by atoms with Crippen LogP contribution in [0, 0.1) is 12.8 Å². The minimum absolute atomic E-state index is 0.259. The van der Waals surface area contributed by atoms with Crippen LogP contribution in [0.25, 0.3) is 0 Å². The molecule has 0 fully saturated rings. The molecule has 1 amide bonds. The van der Waals surface area contributed by atoms with E-state index in [-0.39, 0.29) is 5.91 Å². The van der Waals surface area contributed by atoms with Gasteiger partial charge in [0.2, 0.25) is 5.82 Å². The molecule has 76 valence electrons. The lowest BCUT2D eigenvalue weighted by atomic mass is 10.5. The van der Waals surface area contributed by atoms with E-state index >= 15 is 0 Å². The summed E-state index contributed by atoms with van der Waals surface area (Å²) < 4.78 is 1.64. The average molecular weight is 195 g/mol. The molecule has 0 aliphatic rings. The second-order valence-corrected chi connectivity index (χ2v) is 2.35. The van der Waals surface area contributed by atoms with Crippen LogP contribution in [-0.4, -0.2) is 34.7 Å². The van der Waals surface area contributed by atoms with Gasteiger partial charge in [-0.2, -0.15) is 0 Å². The van der Waals surface area contributed by atoms with E-state index in [2.05, 4.69) is 17.8 Å². The molecular formula is C9H13N3O2. The van der Waals surface area contributed by atoms with Gasteiger partial charge < -0.3 is 4.57 Å². The number of carbonyl (C=O) groups excluding carboxylic acids is 1. The molecule has 0 spiro atoms. The zero-order valence-corrected chi connectivity index (χ0v) is 8.47. The first-order chi connectivity index (χ1) is 6.66. The van der Waals surface area contributed by atoms with E-state index in [4.69, 9.17) is 4.84 Å². The van der Waals surface area contributed by atoms with E-state index in [0.29, 0.717) is 5.82 Å². The monoisotopic (exact) mass is 195 g/mol. The summed E-state index contributed by atoms with van der Waals surface area (Å²) in [7, 11) is 4.72. The number of amides is 1. The number of imidazole rings is 1. The van der Waals surface area contributed by atoms with Crippen LogP contribution in [0.4, 0.5) is 0 Å². The highest BCUT2D eigenvalue weighted by molar-refractivity contribution is 5.89. The molecule has 14 heavy (non-hydrogen) atoms. The van der Waals surface area contributed by atoms with Gasteiger partial charge in [0.05, 0.1) is 7.11 Å². The van der Waals surface area contributed by atoms with E-state index in [1.165, 1.54) is 14.2 Å². The Morgan fingerprint density at radius 1 is 1.64 bits per heavy atom. The van der Waals surface area contributed by atoms with Gasteiger partial charge in [-0.15, -0.1) is 12.8 Å². The molecule has 0 unspecified atom stereocenters. The summed E-state index contributed by atoms with van der Waals surface area (Å²) in [5.74, 6) is 0.101. The van der Waals surface area contributed by atoms with Crippen molar-refractivity contribution in [2.24, 2.45) is 7.05 Å². The Hall–Kier alpha value is -1.80. The van der Waals surface area contributed by atoms with Crippen molar-refractivity contribution in [1.29, 1.82) is 0 Å². The number of hydrogen-bond acceptors (Lipinski definition) is 3. The van der Waals surface area contributed by atoms with E-state index in [1.807, 2.05) is 0 Å². The number of hydroxylamine groups is 2. The van der Waals surface area contributed by atoms with E-state index < -0.39 is 0 Å². The van der Waals surface area contributed by atoms with Gasteiger partial charge in [-0.25, -0.2) is 10.0 Å². The molecule has 0 aliphatic carbocycles. The lowest BCUT2D eigenvalue weighted by molar-refractivity contribution is -0.0766. The third-order valence-corrected chi connectivity index (χ3v) is 1.57. The van der Waals surface area contributed by atoms with Crippen LogP contribution in [0.15, 0.2) is 12.4 Å². The SMILES string of the molecule is C#C.CON(C)C(=O)c1nccn1C. The van der Waals surface area contributed by atoms with Crippen LogP contribution in [0.3, 0.4) is 0 Å². The highest BCUT2D eigenvalue weighted by Crippen LogP contribution is 1.98. The molecule has 0 aliphatic heterocycles. The molecule has 0 radical (unpaired) electrons. The molecule has 0 saturated carbocycles. The van der Waals surface area contributed by atoms with Crippen LogP contribution in [-0.2, 0) is 11.9 Å². The van der Waals surface area contributed by atoms with Crippen molar-refractivity contribution in [3.8, 4) is 12.8 Å². The molecule has 5 heteroatoms. The molecule has 0 bridgehead atoms. The van der Waals surface area contributed by atoms with Gasteiger partial charge in [-0.3, -0.25) is 9.63 Å². The Morgan fingerprint density at radius 2 is 2.21 bits per heavy atom. The van der Waals surface area contributed by atoms with Gasteiger partial charge in [0.15, 0.2) is 0 Å². The van der Waals surface area contributed by atoms with E-state index in [9.17, 15) is 4.79 Å². The minimum atomic E-state index is -0.259. The Kier molecular flexibility index (Phi) is 5.04. The second-order valence-electron chi connectivity index (χ2n) is 2.35. The molecule has 0 atom stereocenters. The first kappa shape index (κ1) is 12.2. The van der Waals surface area contributed by atoms with E-state index in [1.54, 1.807) is 24.0 Å². The van der Waals surface area contributed by atoms with Crippen LogP contribution in [0.2, 0.25) is 0 Å². The first-order valence-corrected chi connectivity index (χ1v) is 3.79. The van der Waals surface area contributed by atoms with Crippen LogP contribution in [0.5, 0.6) is 0 Å². The quantitative estimate of drug-likeness (QED) is 0.504. The van der Waals surface area contributed by atoms with Crippen molar-refractivity contribution in [1.82, 2.24) is 14.6 Å². The summed E-state index contributed by atoms with van der Waals surface area (Å²) in [6.45, 7) is 0. The highest BCUT2D eigenvalue weighted by atomic mass is 16.7. The highest BCUT2D eigenvalue weighted by Gasteiger charge is 2.14. The van der Waals surface area contributed by atoms with Gasteiger partial charge in [0, 0.05) is 26.5 Å². The van der Waals surface area contributed by atoms with Crippen molar-refractivity contribution in [2.45, 2.75) is 0 Å². The summed E-state index contributed by atoms with van der Waals surface area (Å²) >= 11 is 0. The normalized spacial score (nSPS) is 8.64. The van der Waals surface area contributed by atoms with E-state index in [0.717, 1.165) is 5.06 Å². The molecule has 0 aromatic carbocycles. The minimum Gasteiger partial charge on any atom is -0.330 e. The van der Waals surface area contributed by atoms with Crippen molar-refractivity contribution >= 4 is 5.91 Å². The Balaban J connectivity index is 0.000000791. The number of carbonyl (C=O) groups is 1. The summed E-state index contributed by atoms with van der Waals surface area (Å²) in [6.07, 6.45) is 11.3. The molecule has 1 heterocycles. The van der Waals surface area contributed by atoms with Gasteiger partial charge in [-0.1, -0.05) is 0 Å².